The van der Waals surface area contributed by atoms with E-state index in [4.69, 9.17) is 0 Å². The van der Waals surface area contributed by atoms with Crippen molar-refractivity contribution in [3.63, 3.8) is 0 Å². The lowest BCUT2D eigenvalue weighted by atomic mass is 9.99. The molecule has 2 aromatic carbocycles. The summed E-state index contributed by atoms with van der Waals surface area (Å²) in [5.74, 6) is 0. The molecule has 2 aromatic rings. The van der Waals surface area contributed by atoms with Crippen molar-refractivity contribution >= 4 is 0 Å². The first-order valence-corrected chi connectivity index (χ1v) is 7.64. The molecule has 0 saturated heterocycles. The van der Waals surface area contributed by atoms with Crippen molar-refractivity contribution < 1.29 is 0 Å². The van der Waals surface area contributed by atoms with Gasteiger partial charge in [-0.2, -0.15) is 0 Å². The average molecular weight is 267 g/mol. The van der Waals surface area contributed by atoms with E-state index in [0.717, 1.165) is 12.8 Å². The molecule has 20 heavy (non-hydrogen) atoms. The third-order valence-electron chi connectivity index (χ3n) is 3.95. The van der Waals surface area contributed by atoms with Crippen LogP contribution in [-0.2, 0) is 6.42 Å². The molecule has 0 aliphatic rings. The molecule has 0 saturated carbocycles. The van der Waals surface area contributed by atoms with E-state index in [1.807, 2.05) is 0 Å². The van der Waals surface area contributed by atoms with Crippen molar-refractivity contribution in [2.24, 2.45) is 0 Å². The highest BCUT2D eigenvalue weighted by atomic mass is 14.9. The van der Waals surface area contributed by atoms with E-state index in [1.165, 1.54) is 16.7 Å². The second-order valence-corrected chi connectivity index (χ2v) is 5.36. The topological polar surface area (TPSA) is 12.0 Å². The van der Waals surface area contributed by atoms with Crippen LogP contribution in [0.15, 0.2) is 54.6 Å². The zero-order valence-electron chi connectivity index (χ0n) is 12.8. The van der Waals surface area contributed by atoms with Crippen molar-refractivity contribution in [2.45, 2.75) is 45.7 Å². The molecule has 1 unspecified atom stereocenters. The Balaban J connectivity index is 2.08. The van der Waals surface area contributed by atoms with Gasteiger partial charge in [-0.1, -0.05) is 68.4 Å². The van der Waals surface area contributed by atoms with Gasteiger partial charge in [0.25, 0.3) is 0 Å². The second-order valence-electron chi connectivity index (χ2n) is 5.36. The number of nitrogens with one attached hydrogen (secondary N) is 1. The Hall–Kier alpha value is -1.60. The van der Waals surface area contributed by atoms with Crippen molar-refractivity contribution in [3.8, 4) is 0 Å². The van der Waals surface area contributed by atoms with Crippen molar-refractivity contribution in [2.75, 3.05) is 0 Å². The van der Waals surface area contributed by atoms with Crippen LogP contribution < -0.4 is 5.32 Å². The summed E-state index contributed by atoms with van der Waals surface area (Å²) in [7, 11) is 0. The van der Waals surface area contributed by atoms with E-state index in [0.29, 0.717) is 12.1 Å². The van der Waals surface area contributed by atoms with Crippen LogP contribution in [-0.4, -0.2) is 0 Å². The molecule has 2 atom stereocenters. The van der Waals surface area contributed by atoms with E-state index >= 15 is 0 Å². The molecule has 0 fully saturated rings. The lowest BCUT2D eigenvalue weighted by Crippen LogP contribution is -2.24. The molecule has 0 bridgehead atoms. The summed E-state index contributed by atoms with van der Waals surface area (Å²) in [5, 5.41) is 3.74. The third kappa shape index (κ3) is 3.71. The predicted molar refractivity (Wildman–Crippen MR) is 86.8 cm³/mol. The molecule has 0 amide bonds. The summed E-state index contributed by atoms with van der Waals surface area (Å²) in [6, 6.07) is 20.4. The van der Waals surface area contributed by atoms with Gasteiger partial charge < -0.3 is 5.32 Å². The van der Waals surface area contributed by atoms with Crippen LogP contribution in [0, 0.1) is 0 Å². The fourth-order valence-corrected chi connectivity index (χ4v) is 2.58. The number of rotatable bonds is 6. The second kappa shape index (κ2) is 7.25. The van der Waals surface area contributed by atoms with Gasteiger partial charge in [-0.05, 0) is 36.5 Å². The monoisotopic (exact) mass is 267 g/mol. The fraction of sp³-hybridized carbons (Fsp3) is 0.368. The summed E-state index contributed by atoms with van der Waals surface area (Å²) in [6.07, 6.45) is 2.20. The smallest absolute Gasteiger partial charge is 0.0323 e. The Kier molecular flexibility index (Phi) is 5.37. The average Bonchev–Trinajstić information content (AvgIpc) is 2.53. The Bertz CT molecular complexity index is 501. The standard InChI is InChI=1S/C19H25N/c1-4-16-11-13-18(14-12-16)19(5-2)20-15(3)17-9-7-6-8-10-17/h6-15,19-20H,4-5H2,1-3H3/t15-,19?/m0/s1. The molecular weight excluding hydrogens is 242 g/mol. The molecule has 0 radical (unpaired) electrons. The van der Waals surface area contributed by atoms with Gasteiger partial charge in [0.05, 0.1) is 0 Å². The van der Waals surface area contributed by atoms with Gasteiger partial charge in [0.15, 0.2) is 0 Å². The Labute approximate surface area is 123 Å². The van der Waals surface area contributed by atoms with Crippen LogP contribution in [0.3, 0.4) is 0 Å². The lowest BCUT2D eigenvalue weighted by Gasteiger charge is -2.23. The number of hydrogen-bond acceptors (Lipinski definition) is 1. The van der Waals surface area contributed by atoms with E-state index in [-0.39, 0.29) is 0 Å². The normalized spacial score (nSPS) is 13.9. The molecule has 1 N–H and O–H groups in total. The van der Waals surface area contributed by atoms with Crippen LogP contribution in [0.1, 0.15) is 56.0 Å². The van der Waals surface area contributed by atoms with Crippen LogP contribution in [0.5, 0.6) is 0 Å². The minimum absolute atomic E-state index is 0.368. The minimum atomic E-state index is 0.368. The molecule has 0 heterocycles. The number of hydrogen-bond donors (Lipinski definition) is 1. The molecule has 0 aromatic heterocycles. The molecule has 2 rings (SSSR count). The van der Waals surface area contributed by atoms with Crippen molar-refractivity contribution in [3.05, 3.63) is 71.3 Å². The van der Waals surface area contributed by atoms with E-state index in [1.54, 1.807) is 0 Å². The molecule has 106 valence electrons. The van der Waals surface area contributed by atoms with E-state index in [9.17, 15) is 0 Å². The van der Waals surface area contributed by atoms with Gasteiger partial charge in [0.1, 0.15) is 0 Å². The highest BCUT2D eigenvalue weighted by Gasteiger charge is 2.13. The molecule has 1 heteroatoms. The largest absolute Gasteiger partial charge is 0.303 e. The zero-order valence-corrected chi connectivity index (χ0v) is 12.8. The maximum absolute atomic E-state index is 3.74. The summed E-state index contributed by atoms with van der Waals surface area (Å²) >= 11 is 0. The molecule has 0 aliphatic carbocycles. The number of aryl methyl sites for hydroxylation is 1. The van der Waals surface area contributed by atoms with E-state index in [2.05, 4.69) is 80.7 Å². The quantitative estimate of drug-likeness (QED) is 0.772. The fourth-order valence-electron chi connectivity index (χ4n) is 2.58. The SMILES string of the molecule is CCc1ccc(C(CC)N[C@@H](C)c2ccccc2)cc1. The van der Waals surface area contributed by atoms with E-state index < -0.39 is 0 Å². The summed E-state index contributed by atoms with van der Waals surface area (Å²) in [6.45, 7) is 6.67. The molecule has 1 nitrogen and oxygen atoms in total. The van der Waals surface area contributed by atoms with Crippen LogP contribution in [0.4, 0.5) is 0 Å². The molecule has 0 aliphatic heterocycles. The first kappa shape index (κ1) is 14.8. The van der Waals surface area contributed by atoms with Crippen LogP contribution in [0.2, 0.25) is 0 Å². The lowest BCUT2D eigenvalue weighted by molar-refractivity contribution is 0.456. The maximum atomic E-state index is 3.74. The highest BCUT2D eigenvalue weighted by molar-refractivity contribution is 5.26. The van der Waals surface area contributed by atoms with Crippen LogP contribution >= 0.6 is 0 Å². The van der Waals surface area contributed by atoms with Gasteiger partial charge in [-0.3, -0.25) is 0 Å². The minimum Gasteiger partial charge on any atom is -0.303 e. The first-order chi connectivity index (χ1) is 9.74. The van der Waals surface area contributed by atoms with Gasteiger partial charge >= 0.3 is 0 Å². The molecular formula is C19H25N. The molecule has 0 spiro atoms. The van der Waals surface area contributed by atoms with Crippen molar-refractivity contribution in [1.29, 1.82) is 0 Å². The van der Waals surface area contributed by atoms with Gasteiger partial charge in [-0.15, -0.1) is 0 Å². The Morgan fingerprint density at radius 3 is 2.05 bits per heavy atom. The summed E-state index contributed by atoms with van der Waals surface area (Å²) < 4.78 is 0. The highest BCUT2D eigenvalue weighted by Crippen LogP contribution is 2.22. The van der Waals surface area contributed by atoms with Crippen LogP contribution in [0.25, 0.3) is 0 Å². The van der Waals surface area contributed by atoms with Gasteiger partial charge in [-0.25, -0.2) is 0 Å². The number of benzene rings is 2. The van der Waals surface area contributed by atoms with Gasteiger partial charge in [0, 0.05) is 12.1 Å². The maximum Gasteiger partial charge on any atom is 0.0323 e. The predicted octanol–water partition coefficient (Wildman–Crippen LogP) is 5.05. The zero-order chi connectivity index (χ0) is 14.4. The van der Waals surface area contributed by atoms with Gasteiger partial charge in [0.2, 0.25) is 0 Å². The summed E-state index contributed by atoms with van der Waals surface area (Å²) in [5.41, 5.74) is 4.13. The third-order valence-corrected chi connectivity index (χ3v) is 3.95. The first-order valence-electron chi connectivity index (χ1n) is 7.64. The Morgan fingerprint density at radius 2 is 1.50 bits per heavy atom. The summed E-state index contributed by atoms with van der Waals surface area (Å²) in [4.78, 5) is 0. The Morgan fingerprint density at radius 1 is 0.850 bits per heavy atom. The van der Waals surface area contributed by atoms with Crippen molar-refractivity contribution in [1.82, 2.24) is 5.32 Å².